The Morgan fingerprint density at radius 2 is 2.04 bits per heavy atom. The van der Waals surface area contributed by atoms with Gasteiger partial charge in [0.1, 0.15) is 11.5 Å². The van der Waals surface area contributed by atoms with E-state index in [1.54, 1.807) is 11.0 Å². The van der Waals surface area contributed by atoms with Crippen LogP contribution in [0.5, 0.6) is 0 Å². The Kier molecular flexibility index (Phi) is 5.58. The number of carbonyl (C=O) groups is 1. The lowest BCUT2D eigenvalue weighted by molar-refractivity contribution is -0.127. The van der Waals surface area contributed by atoms with Crippen molar-refractivity contribution in [3.05, 3.63) is 29.7 Å². The van der Waals surface area contributed by atoms with Crippen LogP contribution in [0.2, 0.25) is 0 Å². The molecular weight excluding hydrogens is 352 g/mol. The highest BCUT2D eigenvalue weighted by Crippen LogP contribution is 2.47. The van der Waals surface area contributed by atoms with Crippen LogP contribution in [0.4, 0.5) is 0 Å². The molecule has 7 heteroatoms. The second-order valence-electron chi connectivity index (χ2n) is 7.78. The van der Waals surface area contributed by atoms with Crippen LogP contribution in [0.15, 0.2) is 22.6 Å². The number of hydrogen-bond acceptors (Lipinski definition) is 5. The zero-order valence-corrected chi connectivity index (χ0v) is 16.5. The molecule has 1 aliphatic carbocycles. The fourth-order valence-electron chi connectivity index (χ4n) is 3.43. The van der Waals surface area contributed by atoms with E-state index in [9.17, 15) is 13.2 Å². The molecule has 2 aliphatic rings. The Hall–Kier alpha value is -1.60. The highest BCUT2D eigenvalue weighted by Gasteiger charge is 2.36. The lowest BCUT2D eigenvalue weighted by Gasteiger charge is -2.28. The first-order valence-electron chi connectivity index (χ1n) is 9.19. The van der Waals surface area contributed by atoms with Gasteiger partial charge >= 0.3 is 0 Å². The molecule has 1 saturated heterocycles. The highest BCUT2D eigenvalue weighted by atomic mass is 32.2. The van der Waals surface area contributed by atoms with Crippen LogP contribution in [0.25, 0.3) is 6.08 Å². The molecule has 0 spiro atoms. The Morgan fingerprint density at radius 1 is 1.31 bits per heavy atom. The summed E-state index contributed by atoms with van der Waals surface area (Å²) in [6, 6.07) is 3.62. The first-order chi connectivity index (χ1) is 12.2. The SMILES string of the molecule is CC1CC1c1ccc(/C=C/C(=O)N(CCN(C)C)C2CCS(=O)(=O)C2)o1. The van der Waals surface area contributed by atoms with Gasteiger partial charge in [-0.25, -0.2) is 8.42 Å². The number of carbonyl (C=O) groups excluding carboxylic acids is 1. The summed E-state index contributed by atoms with van der Waals surface area (Å²) < 4.78 is 29.4. The molecule has 1 aromatic heterocycles. The van der Waals surface area contributed by atoms with Crippen molar-refractivity contribution in [2.45, 2.75) is 31.7 Å². The normalized spacial score (nSPS) is 27.3. The maximum Gasteiger partial charge on any atom is 0.247 e. The van der Waals surface area contributed by atoms with Crippen molar-refractivity contribution in [3.8, 4) is 0 Å². The van der Waals surface area contributed by atoms with E-state index in [0.717, 1.165) is 12.2 Å². The molecule has 26 heavy (non-hydrogen) atoms. The van der Waals surface area contributed by atoms with Crippen molar-refractivity contribution in [3.63, 3.8) is 0 Å². The van der Waals surface area contributed by atoms with Crippen LogP contribution in [0.1, 0.15) is 37.2 Å². The van der Waals surface area contributed by atoms with E-state index in [2.05, 4.69) is 6.92 Å². The molecular formula is C19H28N2O4S. The third kappa shape index (κ3) is 4.76. The molecule has 3 atom stereocenters. The molecule has 1 aromatic rings. The van der Waals surface area contributed by atoms with E-state index in [-0.39, 0.29) is 23.5 Å². The summed E-state index contributed by atoms with van der Waals surface area (Å²) in [5.74, 6) is 2.89. The first kappa shape index (κ1) is 19.2. The molecule has 0 aromatic carbocycles. The highest BCUT2D eigenvalue weighted by molar-refractivity contribution is 7.91. The number of furan rings is 1. The molecule has 1 saturated carbocycles. The number of rotatable bonds is 7. The molecule has 2 fully saturated rings. The maximum atomic E-state index is 12.7. The molecule has 144 valence electrons. The van der Waals surface area contributed by atoms with Gasteiger partial charge in [-0.05, 0) is 51.1 Å². The van der Waals surface area contributed by atoms with Crippen molar-refractivity contribution >= 4 is 21.8 Å². The fraction of sp³-hybridized carbons (Fsp3) is 0.632. The van der Waals surface area contributed by atoms with E-state index < -0.39 is 9.84 Å². The number of likely N-dealkylation sites (N-methyl/N-ethyl adjacent to an activating group) is 1. The monoisotopic (exact) mass is 380 g/mol. The molecule has 6 nitrogen and oxygen atoms in total. The molecule has 0 bridgehead atoms. The molecule has 0 radical (unpaired) electrons. The third-order valence-electron chi connectivity index (χ3n) is 5.23. The van der Waals surface area contributed by atoms with Gasteiger partial charge in [-0.2, -0.15) is 0 Å². The average molecular weight is 381 g/mol. The van der Waals surface area contributed by atoms with Crippen molar-refractivity contribution in [1.29, 1.82) is 0 Å². The number of nitrogens with zero attached hydrogens (tertiary/aromatic N) is 2. The van der Waals surface area contributed by atoms with Crippen molar-refractivity contribution in [2.24, 2.45) is 5.92 Å². The fourth-order valence-corrected chi connectivity index (χ4v) is 5.16. The zero-order valence-electron chi connectivity index (χ0n) is 15.7. The number of sulfone groups is 1. The van der Waals surface area contributed by atoms with E-state index >= 15 is 0 Å². The Bertz CT molecular complexity index is 781. The molecule has 1 aliphatic heterocycles. The van der Waals surface area contributed by atoms with Gasteiger partial charge < -0.3 is 14.2 Å². The minimum Gasteiger partial charge on any atom is -0.461 e. The lowest BCUT2D eigenvalue weighted by Crippen LogP contribution is -2.43. The minimum absolute atomic E-state index is 0.0600. The van der Waals surface area contributed by atoms with Crippen LogP contribution < -0.4 is 0 Å². The van der Waals surface area contributed by atoms with E-state index in [0.29, 0.717) is 37.1 Å². The smallest absolute Gasteiger partial charge is 0.247 e. The predicted octanol–water partition coefficient (Wildman–Crippen LogP) is 1.99. The van der Waals surface area contributed by atoms with Gasteiger partial charge in [-0.3, -0.25) is 4.79 Å². The van der Waals surface area contributed by atoms with Crippen LogP contribution >= 0.6 is 0 Å². The van der Waals surface area contributed by atoms with Crippen LogP contribution in [0, 0.1) is 5.92 Å². The average Bonchev–Trinajstić information content (AvgIpc) is 2.95. The van der Waals surface area contributed by atoms with Gasteiger partial charge in [-0.15, -0.1) is 0 Å². The zero-order chi connectivity index (χ0) is 18.9. The second-order valence-corrected chi connectivity index (χ2v) is 10.0. The van der Waals surface area contributed by atoms with E-state index in [1.165, 1.54) is 6.08 Å². The maximum absolute atomic E-state index is 12.7. The van der Waals surface area contributed by atoms with Crippen LogP contribution in [-0.2, 0) is 14.6 Å². The van der Waals surface area contributed by atoms with Gasteiger partial charge in [0.15, 0.2) is 9.84 Å². The largest absolute Gasteiger partial charge is 0.461 e. The molecule has 3 unspecified atom stereocenters. The Morgan fingerprint density at radius 3 is 2.62 bits per heavy atom. The molecule has 0 N–H and O–H groups in total. The summed E-state index contributed by atoms with van der Waals surface area (Å²) in [6.45, 7) is 3.41. The standard InChI is InChI=1S/C19H28N2O4S/c1-14-12-17(14)18-6-4-16(25-18)5-7-19(22)21(10-9-20(2)3)15-8-11-26(23,24)13-15/h4-7,14-15,17H,8-13H2,1-3H3/b7-5+. The molecule has 1 amide bonds. The first-order valence-corrected chi connectivity index (χ1v) is 11.0. The predicted molar refractivity (Wildman–Crippen MR) is 102 cm³/mol. The quantitative estimate of drug-likeness (QED) is 0.677. The minimum atomic E-state index is -3.03. The lowest BCUT2D eigenvalue weighted by atomic mass is 10.2. The summed E-state index contributed by atoms with van der Waals surface area (Å²) in [6.07, 6.45) is 4.86. The third-order valence-corrected chi connectivity index (χ3v) is 6.98. The topological polar surface area (TPSA) is 70.8 Å². The summed E-state index contributed by atoms with van der Waals surface area (Å²) >= 11 is 0. The van der Waals surface area contributed by atoms with Crippen molar-refractivity contribution in [2.75, 3.05) is 38.7 Å². The summed E-state index contributed by atoms with van der Waals surface area (Å²) in [5, 5.41) is 0. The summed E-state index contributed by atoms with van der Waals surface area (Å²) in [5.41, 5.74) is 0. The van der Waals surface area contributed by atoms with Crippen LogP contribution in [0.3, 0.4) is 0 Å². The van der Waals surface area contributed by atoms with Gasteiger partial charge in [0.05, 0.1) is 11.5 Å². The number of amides is 1. The van der Waals surface area contributed by atoms with Gasteiger partial charge in [-0.1, -0.05) is 6.92 Å². The van der Waals surface area contributed by atoms with Crippen molar-refractivity contribution in [1.82, 2.24) is 9.80 Å². The Labute approximate surface area is 155 Å². The Balaban J connectivity index is 1.67. The summed E-state index contributed by atoms with van der Waals surface area (Å²) in [4.78, 5) is 16.4. The van der Waals surface area contributed by atoms with Gasteiger partial charge in [0, 0.05) is 31.1 Å². The van der Waals surface area contributed by atoms with Gasteiger partial charge in [0.25, 0.3) is 0 Å². The summed E-state index contributed by atoms with van der Waals surface area (Å²) in [7, 11) is 0.841. The second kappa shape index (κ2) is 7.56. The van der Waals surface area contributed by atoms with Crippen LogP contribution in [-0.4, -0.2) is 68.9 Å². The number of hydrogen-bond donors (Lipinski definition) is 0. The van der Waals surface area contributed by atoms with Gasteiger partial charge in [0.2, 0.25) is 5.91 Å². The van der Waals surface area contributed by atoms with E-state index in [4.69, 9.17) is 4.42 Å². The molecule has 3 rings (SSSR count). The molecule has 2 heterocycles. The van der Waals surface area contributed by atoms with Crippen molar-refractivity contribution < 1.29 is 17.6 Å². The van der Waals surface area contributed by atoms with E-state index in [1.807, 2.05) is 31.1 Å².